The fourth-order valence-electron chi connectivity index (χ4n) is 2.82. The van der Waals surface area contributed by atoms with Crippen molar-refractivity contribution in [3.8, 4) is 0 Å². The Morgan fingerprint density at radius 2 is 1.30 bits per heavy atom. The van der Waals surface area contributed by atoms with Crippen LogP contribution in [0, 0.1) is 0 Å². The molecule has 0 bridgehead atoms. The van der Waals surface area contributed by atoms with Crippen LogP contribution in [0.1, 0.15) is 24.0 Å². The van der Waals surface area contributed by atoms with Gasteiger partial charge in [0.25, 0.3) is 0 Å². The van der Waals surface area contributed by atoms with Crippen molar-refractivity contribution in [3.05, 3.63) is 71.8 Å². The van der Waals surface area contributed by atoms with E-state index in [-0.39, 0.29) is 6.10 Å². The first kappa shape index (κ1) is 13.3. The number of hydrogen-bond donors (Lipinski definition) is 1. The monoisotopic (exact) mass is 267 g/mol. The van der Waals surface area contributed by atoms with Gasteiger partial charge in [0.1, 0.15) is 0 Å². The smallest absolute Gasteiger partial charge is 0.0696 e. The highest BCUT2D eigenvalue weighted by Gasteiger charge is 2.33. The van der Waals surface area contributed by atoms with E-state index in [1.165, 1.54) is 11.1 Å². The third-order valence-electron chi connectivity index (χ3n) is 4.13. The van der Waals surface area contributed by atoms with Gasteiger partial charge in [0.05, 0.1) is 6.10 Å². The summed E-state index contributed by atoms with van der Waals surface area (Å²) in [5.41, 5.74) is 2.62. The van der Waals surface area contributed by atoms with Gasteiger partial charge >= 0.3 is 0 Å². The van der Waals surface area contributed by atoms with E-state index in [0.717, 1.165) is 25.9 Å². The average Bonchev–Trinajstić information content (AvgIpc) is 2.48. The lowest BCUT2D eigenvalue weighted by molar-refractivity contribution is -0.0288. The second-order valence-electron chi connectivity index (χ2n) is 5.59. The molecule has 1 saturated carbocycles. The lowest BCUT2D eigenvalue weighted by Crippen LogP contribution is -2.49. The molecule has 3 rings (SSSR count). The maximum atomic E-state index is 9.99. The van der Waals surface area contributed by atoms with Gasteiger partial charge in [-0.2, -0.15) is 0 Å². The standard InChI is InChI=1S/C18H21NO/c20-18-12-11-17(18)19(13-15-7-3-1-4-8-15)14-16-9-5-2-6-10-16/h1-10,17-18,20H,11-14H2/t17-,18+/m1/s1. The molecule has 0 saturated heterocycles. The molecule has 0 aliphatic heterocycles. The minimum Gasteiger partial charge on any atom is -0.391 e. The van der Waals surface area contributed by atoms with E-state index in [1.807, 2.05) is 12.1 Å². The second-order valence-corrected chi connectivity index (χ2v) is 5.59. The van der Waals surface area contributed by atoms with Crippen LogP contribution in [0.2, 0.25) is 0 Å². The van der Waals surface area contributed by atoms with Crippen molar-refractivity contribution in [2.75, 3.05) is 0 Å². The largest absolute Gasteiger partial charge is 0.391 e. The zero-order valence-electron chi connectivity index (χ0n) is 11.7. The molecule has 1 aliphatic rings. The van der Waals surface area contributed by atoms with Gasteiger partial charge in [-0.05, 0) is 24.0 Å². The van der Waals surface area contributed by atoms with E-state index >= 15 is 0 Å². The number of rotatable bonds is 5. The van der Waals surface area contributed by atoms with Crippen molar-refractivity contribution in [3.63, 3.8) is 0 Å². The van der Waals surface area contributed by atoms with Crippen LogP contribution in [0.15, 0.2) is 60.7 Å². The van der Waals surface area contributed by atoms with E-state index in [4.69, 9.17) is 0 Å². The van der Waals surface area contributed by atoms with Crippen LogP contribution in [-0.2, 0) is 13.1 Å². The van der Waals surface area contributed by atoms with E-state index in [2.05, 4.69) is 53.4 Å². The summed E-state index contributed by atoms with van der Waals surface area (Å²) in [6.07, 6.45) is 1.87. The minimum absolute atomic E-state index is 0.164. The minimum atomic E-state index is -0.164. The SMILES string of the molecule is O[C@H]1CC[C@H]1N(Cc1ccccc1)Cc1ccccc1. The molecule has 2 aromatic rings. The summed E-state index contributed by atoms with van der Waals surface area (Å²) in [5, 5.41) is 9.99. The molecule has 0 heterocycles. The van der Waals surface area contributed by atoms with Crippen LogP contribution in [0.5, 0.6) is 0 Å². The number of aliphatic hydroxyl groups is 1. The normalized spacial score (nSPS) is 21.7. The Morgan fingerprint density at radius 3 is 1.65 bits per heavy atom. The molecule has 2 nitrogen and oxygen atoms in total. The Bertz CT molecular complexity index is 484. The van der Waals surface area contributed by atoms with Gasteiger partial charge in [-0.25, -0.2) is 0 Å². The van der Waals surface area contributed by atoms with Gasteiger partial charge in [0.15, 0.2) is 0 Å². The molecule has 0 unspecified atom stereocenters. The van der Waals surface area contributed by atoms with Gasteiger partial charge in [-0.1, -0.05) is 60.7 Å². The quantitative estimate of drug-likeness (QED) is 0.899. The molecule has 0 amide bonds. The Kier molecular flexibility index (Phi) is 4.14. The zero-order chi connectivity index (χ0) is 13.8. The fraction of sp³-hybridized carbons (Fsp3) is 0.333. The van der Waals surface area contributed by atoms with Crippen LogP contribution in [0.3, 0.4) is 0 Å². The molecular weight excluding hydrogens is 246 g/mol. The van der Waals surface area contributed by atoms with Crippen molar-refractivity contribution < 1.29 is 5.11 Å². The van der Waals surface area contributed by atoms with Gasteiger partial charge in [-0.3, -0.25) is 4.90 Å². The summed E-state index contributed by atoms with van der Waals surface area (Å²) in [6, 6.07) is 21.3. The summed E-state index contributed by atoms with van der Waals surface area (Å²) in [4.78, 5) is 2.40. The molecular formula is C18H21NO. The predicted octanol–water partition coefficient (Wildman–Crippen LogP) is 3.21. The Labute approximate surface area is 120 Å². The highest BCUT2D eigenvalue weighted by atomic mass is 16.3. The van der Waals surface area contributed by atoms with Crippen LogP contribution in [-0.4, -0.2) is 22.2 Å². The van der Waals surface area contributed by atoms with E-state index in [1.54, 1.807) is 0 Å². The molecule has 0 radical (unpaired) electrons. The molecule has 2 heteroatoms. The summed E-state index contributed by atoms with van der Waals surface area (Å²) < 4.78 is 0. The number of aliphatic hydroxyl groups excluding tert-OH is 1. The lowest BCUT2D eigenvalue weighted by Gasteiger charge is -2.41. The maximum absolute atomic E-state index is 9.99. The van der Waals surface area contributed by atoms with Gasteiger partial charge in [0, 0.05) is 19.1 Å². The Morgan fingerprint density at radius 1 is 0.800 bits per heavy atom. The van der Waals surface area contributed by atoms with Crippen molar-refractivity contribution in [2.45, 2.75) is 38.1 Å². The molecule has 2 aromatic carbocycles. The maximum Gasteiger partial charge on any atom is 0.0696 e. The number of nitrogens with zero attached hydrogens (tertiary/aromatic N) is 1. The van der Waals surface area contributed by atoms with Crippen LogP contribution >= 0.6 is 0 Å². The molecule has 0 spiro atoms. The van der Waals surface area contributed by atoms with Gasteiger partial charge in [0.2, 0.25) is 0 Å². The first-order chi connectivity index (χ1) is 9.83. The molecule has 0 aromatic heterocycles. The van der Waals surface area contributed by atoms with Gasteiger partial charge in [-0.15, -0.1) is 0 Å². The summed E-state index contributed by atoms with van der Waals surface area (Å²) in [7, 11) is 0. The van der Waals surface area contributed by atoms with Crippen molar-refractivity contribution >= 4 is 0 Å². The third kappa shape index (κ3) is 3.09. The molecule has 2 atom stereocenters. The lowest BCUT2D eigenvalue weighted by atomic mass is 9.87. The Hall–Kier alpha value is -1.64. The zero-order valence-corrected chi connectivity index (χ0v) is 11.7. The highest BCUT2D eigenvalue weighted by Crippen LogP contribution is 2.28. The van der Waals surface area contributed by atoms with Crippen LogP contribution in [0.4, 0.5) is 0 Å². The van der Waals surface area contributed by atoms with E-state index in [9.17, 15) is 5.11 Å². The second kappa shape index (κ2) is 6.21. The van der Waals surface area contributed by atoms with Crippen molar-refractivity contribution in [1.82, 2.24) is 4.90 Å². The number of benzene rings is 2. The van der Waals surface area contributed by atoms with Crippen molar-refractivity contribution in [2.24, 2.45) is 0 Å². The molecule has 1 fully saturated rings. The topological polar surface area (TPSA) is 23.5 Å². The highest BCUT2D eigenvalue weighted by molar-refractivity contribution is 5.17. The summed E-state index contributed by atoms with van der Waals surface area (Å²) in [5.74, 6) is 0. The van der Waals surface area contributed by atoms with Crippen LogP contribution in [0.25, 0.3) is 0 Å². The predicted molar refractivity (Wildman–Crippen MR) is 81.2 cm³/mol. The molecule has 1 N–H and O–H groups in total. The molecule has 104 valence electrons. The fourth-order valence-corrected chi connectivity index (χ4v) is 2.82. The van der Waals surface area contributed by atoms with E-state index < -0.39 is 0 Å². The Balaban J connectivity index is 1.74. The molecule has 1 aliphatic carbocycles. The van der Waals surface area contributed by atoms with Gasteiger partial charge < -0.3 is 5.11 Å². The van der Waals surface area contributed by atoms with E-state index in [0.29, 0.717) is 6.04 Å². The summed E-state index contributed by atoms with van der Waals surface area (Å²) >= 11 is 0. The first-order valence-electron chi connectivity index (χ1n) is 7.33. The third-order valence-corrected chi connectivity index (χ3v) is 4.13. The number of hydrogen-bond acceptors (Lipinski definition) is 2. The average molecular weight is 267 g/mol. The van der Waals surface area contributed by atoms with Crippen molar-refractivity contribution in [1.29, 1.82) is 0 Å². The first-order valence-corrected chi connectivity index (χ1v) is 7.33. The van der Waals surface area contributed by atoms with Crippen LogP contribution < -0.4 is 0 Å². The summed E-state index contributed by atoms with van der Waals surface area (Å²) in [6.45, 7) is 1.80. The molecule has 20 heavy (non-hydrogen) atoms.